The highest BCUT2D eigenvalue weighted by atomic mass is 16.7. The predicted molar refractivity (Wildman–Crippen MR) is 85.3 cm³/mol. The van der Waals surface area contributed by atoms with Crippen molar-refractivity contribution in [3.8, 4) is 0 Å². The average molecular weight is 301 g/mol. The zero-order valence-corrected chi connectivity index (χ0v) is 13.1. The van der Waals surface area contributed by atoms with Gasteiger partial charge in [0.25, 0.3) is 0 Å². The fourth-order valence-electron chi connectivity index (χ4n) is 3.19. The largest absolute Gasteiger partial charge is 0.366 e. The van der Waals surface area contributed by atoms with E-state index in [-0.39, 0.29) is 5.91 Å². The number of hydrogen-bond donors (Lipinski definition) is 1. The van der Waals surface area contributed by atoms with E-state index in [4.69, 9.17) is 15.2 Å². The van der Waals surface area contributed by atoms with Gasteiger partial charge in [0.2, 0.25) is 5.91 Å². The van der Waals surface area contributed by atoms with Crippen molar-refractivity contribution in [1.82, 2.24) is 0 Å². The van der Waals surface area contributed by atoms with Crippen molar-refractivity contribution in [2.24, 2.45) is 5.73 Å². The molecule has 4 nitrogen and oxygen atoms in total. The van der Waals surface area contributed by atoms with Crippen LogP contribution in [0.25, 0.3) is 5.57 Å². The number of rotatable bonds is 3. The molecule has 1 saturated heterocycles. The Labute approximate surface area is 131 Å². The van der Waals surface area contributed by atoms with Gasteiger partial charge < -0.3 is 15.2 Å². The fourth-order valence-corrected chi connectivity index (χ4v) is 3.19. The summed E-state index contributed by atoms with van der Waals surface area (Å²) in [6.45, 7) is 3.31. The second kappa shape index (κ2) is 6.23. The monoisotopic (exact) mass is 301 g/mol. The number of hydrogen-bond acceptors (Lipinski definition) is 3. The molecule has 2 N–H and O–H groups in total. The molecule has 1 amide bonds. The number of allylic oxidation sites excluding steroid dienone is 2. The molecule has 0 atom stereocenters. The molecule has 0 bridgehead atoms. The number of primary amides is 1. The van der Waals surface area contributed by atoms with Crippen LogP contribution < -0.4 is 5.73 Å². The van der Waals surface area contributed by atoms with Crippen LogP contribution >= 0.6 is 0 Å². The van der Waals surface area contributed by atoms with Crippen LogP contribution in [0.1, 0.15) is 60.5 Å². The number of carbonyl (C=O) groups excluding carboxylic acids is 1. The van der Waals surface area contributed by atoms with Crippen LogP contribution in [0.5, 0.6) is 0 Å². The third kappa shape index (κ3) is 2.94. The van der Waals surface area contributed by atoms with Gasteiger partial charge in [-0.25, -0.2) is 0 Å². The fraction of sp³-hybridized carbons (Fsp3) is 0.500. The minimum atomic E-state index is -0.738. The summed E-state index contributed by atoms with van der Waals surface area (Å²) in [4.78, 5) is 11.8. The molecule has 1 aliphatic heterocycles. The van der Waals surface area contributed by atoms with E-state index in [1.165, 1.54) is 12.0 Å². The lowest BCUT2D eigenvalue weighted by molar-refractivity contribution is -0.264. The maximum absolute atomic E-state index is 11.8. The third-order valence-electron chi connectivity index (χ3n) is 4.49. The Kier molecular flexibility index (Phi) is 4.32. The third-order valence-corrected chi connectivity index (χ3v) is 4.49. The smallest absolute Gasteiger partial charge is 0.249 e. The SMILES string of the molecule is CC1(c2ccc(C(N)=O)c(C3=CCCCC3)c2)OCCCO1. The molecule has 0 spiro atoms. The van der Waals surface area contributed by atoms with Gasteiger partial charge in [0.05, 0.1) is 13.2 Å². The Bertz CT molecular complexity index is 600. The van der Waals surface area contributed by atoms with Crippen LogP contribution in [0.15, 0.2) is 24.3 Å². The summed E-state index contributed by atoms with van der Waals surface area (Å²) in [5.74, 6) is -1.12. The number of ether oxygens (including phenoxy) is 2. The van der Waals surface area contributed by atoms with Crippen LogP contribution in [0.4, 0.5) is 0 Å². The molecular weight excluding hydrogens is 278 g/mol. The molecule has 22 heavy (non-hydrogen) atoms. The Morgan fingerprint density at radius 3 is 2.59 bits per heavy atom. The van der Waals surface area contributed by atoms with Crippen molar-refractivity contribution in [3.63, 3.8) is 0 Å². The predicted octanol–water partition coefficient (Wildman–Crippen LogP) is 3.35. The molecule has 1 aromatic carbocycles. The first kappa shape index (κ1) is 15.3. The standard InChI is InChI=1S/C18H23NO3/c1-18(21-10-5-11-22-18)14-8-9-15(17(19)20)16(12-14)13-6-3-2-4-7-13/h6,8-9,12H,2-5,7,10-11H2,1H3,(H2,19,20). The van der Waals surface area contributed by atoms with Gasteiger partial charge in [-0.3, -0.25) is 4.79 Å². The molecule has 2 aliphatic rings. The molecule has 1 fully saturated rings. The van der Waals surface area contributed by atoms with Crippen LogP contribution in [0.2, 0.25) is 0 Å². The number of carbonyl (C=O) groups is 1. The van der Waals surface area contributed by atoms with Crippen molar-refractivity contribution in [1.29, 1.82) is 0 Å². The van der Waals surface area contributed by atoms with Gasteiger partial charge in [0, 0.05) is 11.1 Å². The summed E-state index contributed by atoms with van der Waals surface area (Å²) in [7, 11) is 0. The maximum Gasteiger partial charge on any atom is 0.249 e. The normalized spacial score (nSPS) is 21.2. The summed E-state index contributed by atoms with van der Waals surface area (Å²) in [6.07, 6.45) is 7.54. The van der Waals surface area contributed by atoms with Crippen molar-refractivity contribution in [2.75, 3.05) is 13.2 Å². The van der Waals surface area contributed by atoms with Gasteiger partial charge in [-0.15, -0.1) is 0 Å². The van der Waals surface area contributed by atoms with Crippen LogP contribution in [0.3, 0.4) is 0 Å². The summed E-state index contributed by atoms with van der Waals surface area (Å²) in [6, 6.07) is 5.70. The lowest BCUT2D eigenvalue weighted by atomic mass is 9.88. The van der Waals surface area contributed by atoms with Gasteiger partial charge in [-0.2, -0.15) is 0 Å². The van der Waals surface area contributed by atoms with E-state index in [0.717, 1.165) is 36.8 Å². The maximum atomic E-state index is 11.8. The summed E-state index contributed by atoms with van der Waals surface area (Å²) >= 11 is 0. The first-order chi connectivity index (χ1) is 10.6. The highest BCUT2D eigenvalue weighted by Crippen LogP contribution is 2.35. The van der Waals surface area contributed by atoms with Crippen LogP contribution in [-0.4, -0.2) is 19.1 Å². The van der Waals surface area contributed by atoms with E-state index in [9.17, 15) is 4.79 Å². The highest BCUT2D eigenvalue weighted by Gasteiger charge is 2.32. The Balaban J connectivity index is 2.03. The Hall–Kier alpha value is -1.65. The van der Waals surface area contributed by atoms with E-state index in [1.807, 2.05) is 19.1 Å². The lowest BCUT2D eigenvalue weighted by Gasteiger charge is -2.34. The van der Waals surface area contributed by atoms with Crippen molar-refractivity contribution in [3.05, 3.63) is 41.0 Å². The molecule has 4 heteroatoms. The van der Waals surface area contributed by atoms with Gasteiger partial charge >= 0.3 is 0 Å². The Morgan fingerprint density at radius 2 is 1.95 bits per heavy atom. The molecule has 0 aromatic heterocycles. The first-order valence-electron chi connectivity index (χ1n) is 8.02. The average Bonchev–Trinajstić information content (AvgIpc) is 2.56. The summed E-state index contributed by atoms with van der Waals surface area (Å²) < 4.78 is 11.7. The van der Waals surface area contributed by atoms with Crippen molar-refractivity contribution in [2.45, 2.75) is 44.8 Å². The molecule has 0 unspecified atom stereocenters. The number of benzene rings is 1. The lowest BCUT2D eigenvalue weighted by Crippen LogP contribution is -2.35. The van der Waals surface area contributed by atoms with Crippen molar-refractivity contribution >= 4 is 11.5 Å². The summed E-state index contributed by atoms with van der Waals surface area (Å²) in [5, 5.41) is 0. The second-order valence-electron chi connectivity index (χ2n) is 6.10. The van der Waals surface area contributed by atoms with Crippen LogP contribution in [0, 0.1) is 0 Å². The number of nitrogens with two attached hydrogens (primary N) is 1. The van der Waals surface area contributed by atoms with Crippen molar-refractivity contribution < 1.29 is 14.3 Å². The van der Waals surface area contributed by atoms with Gasteiger partial charge in [-0.05, 0) is 62.3 Å². The second-order valence-corrected chi connectivity index (χ2v) is 6.10. The van der Waals surface area contributed by atoms with Gasteiger partial charge in [-0.1, -0.05) is 12.1 Å². The molecule has 0 radical (unpaired) electrons. The molecule has 1 aliphatic carbocycles. The molecular formula is C18H23NO3. The van der Waals surface area contributed by atoms with Crippen LogP contribution in [-0.2, 0) is 15.3 Å². The minimum absolute atomic E-state index is 0.386. The molecule has 1 heterocycles. The molecule has 118 valence electrons. The number of amides is 1. The zero-order chi connectivity index (χ0) is 15.6. The van der Waals surface area contributed by atoms with Gasteiger partial charge in [0.15, 0.2) is 5.79 Å². The minimum Gasteiger partial charge on any atom is -0.366 e. The zero-order valence-electron chi connectivity index (χ0n) is 13.1. The van der Waals surface area contributed by atoms with E-state index >= 15 is 0 Å². The van der Waals surface area contributed by atoms with E-state index < -0.39 is 5.79 Å². The quantitative estimate of drug-likeness (QED) is 0.931. The highest BCUT2D eigenvalue weighted by molar-refractivity contribution is 5.98. The topological polar surface area (TPSA) is 61.6 Å². The first-order valence-corrected chi connectivity index (χ1v) is 8.02. The molecule has 1 aromatic rings. The van der Waals surface area contributed by atoms with Gasteiger partial charge in [0.1, 0.15) is 0 Å². The van der Waals surface area contributed by atoms with E-state index in [1.54, 1.807) is 6.07 Å². The van der Waals surface area contributed by atoms with E-state index in [2.05, 4.69) is 6.08 Å². The summed E-state index contributed by atoms with van der Waals surface area (Å²) in [5.41, 5.74) is 9.22. The Morgan fingerprint density at radius 1 is 1.18 bits per heavy atom. The molecule has 3 rings (SSSR count). The molecule has 0 saturated carbocycles. The van der Waals surface area contributed by atoms with E-state index in [0.29, 0.717) is 18.8 Å².